The fraction of sp³-hybridized carbons (Fsp3) is 0.946. The average Bonchev–Trinajstić information content (AvgIpc) is 3.31. The number of aliphatic hydroxyl groups is 5. The smallest absolute Gasteiger partial charge is 0.220 e. The van der Waals surface area contributed by atoms with Gasteiger partial charge in [-0.25, -0.2) is 0 Å². The standard InChI is InChI=1S/C56H109NO8/c1-3-5-7-9-11-13-14-15-16-17-18-19-20-21-22-23-24-25-26-27-28-29-30-31-32-33-34-35-36-38-40-42-44-46-52(60)57-49(50(59)45-43-41-39-37-12-10-8-6-4-2)48-64-56-55(63)54(62)53(61)51(47-58)65-56/h21-22,49-51,53-56,58-59,61-63H,3-20,23-48H2,1-2H3,(H,57,60)/b22-21-. The van der Waals surface area contributed by atoms with Crippen LogP contribution in [0.3, 0.4) is 0 Å². The first-order valence-electron chi connectivity index (χ1n) is 28.4. The molecule has 7 unspecified atom stereocenters. The van der Waals surface area contributed by atoms with Gasteiger partial charge in [0.05, 0.1) is 25.4 Å². The molecule has 0 aliphatic carbocycles. The lowest BCUT2D eigenvalue weighted by atomic mass is 9.99. The third-order valence-electron chi connectivity index (χ3n) is 13.9. The Balaban J connectivity index is 2.04. The number of unbranched alkanes of at least 4 members (excludes halogenated alkanes) is 37. The number of carbonyl (C=O) groups excluding carboxylic acids is 1. The Morgan fingerprint density at radius 2 is 0.862 bits per heavy atom. The predicted molar refractivity (Wildman–Crippen MR) is 272 cm³/mol. The number of nitrogens with one attached hydrogen (secondary N) is 1. The summed E-state index contributed by atoms with van der Waals surface area (Å²) in [6, 6.07) is -0.713. The maximum absolute atomic E-state index is 13.0. The van der Waals surface area contributed by atoms with E-state index >= 15 is 0 Å². The first-order valence-corrected chi connectivity index (χ1v) is 28.4. The molecule has 1 fully saturated rings. The zero-order valence-electron chi connectivity index (χ0n) is 42.8. The summed E-state index contributed by atoms with van der Waals surface area (Å²) < 4.78 is 11.3. The van der Waals surface area contributed by atoms with Gasteiger partial charge in [-0.15, -0.1) is 0 Å². The Hall–Kier alpha value is -1.07. The number of ether oxygens (including phenoxy) is 2. The van der Waals surface area contributed by atoms with Gasteiger partial charge in [-0.2, -0.15) is 0 Å². The molecule has 0 radical (unpaired) electrons. The molecule has 0 spiro atoms. The topological polar surface area (TPSA) is 149 Å². The third kappa shape index (κ3) is 36.6. The lowest BCUT2D eigenvalue weighted by Gasteiger charge is -2.40. The fourth-order valence-electron chi connectivity index (χ4n) is 9.34. The first-order chi connectivity index (χ1) is 31.8. The highest BCUT2D eigenvalue weighted by atomic mass is 16.7. The van der Waals surface area contributed by atoms with Crippen LogP contribution < -0.4 is 5.32 Å². The van der Waals surface area contributed by atoms with Gasteiger partial charge in [-0.1, -0.05) is 251 Å². The number of hydrogen-bond donors (Lipinski definition) is 6. The molecule has 9 nitrogen and oxygen atoms in total. The monoisotopic (exact) mass is 924 g/mol. The quantitative estimate of drug-likeness (QED) is 0.0261. The van der Waals surface area contributed by atoms with E-state index in [1.165, 1.54) is 218 Å². The van der Waals surface area contributed by atoms with Crippen molar-refractivity contribution in [1.29, 1.82) is 0 Å². The molecule has 0 saturated carbocycles. The molecule has 1 heterocycles. The van der Waals surface area contributed by atoms with Crippen molar-refractivity contribution >= 4 is 5.91 Å². The van der Waals surface area contributed by atoms with Crippen molar-refractivity contribution in [2.75, 3.05) is 13.2 Å². The lowest BCUT2D eigenvalue weighted by molar-refractivity contribution is -0.302. The van der Waals surface area contributed by atoms with Crippen LogP contribution in [0.2, 0.25) is 0 Å². The number of allylic oxidation sites excluding steroid dienone is 2. The molecule has 1 amide bonds. The van der Waals surface area contributed by atoms with Crippen LogP contribution in [0.5, 0.6) is 0 Å². The number of rotatable bonds is 49. The summed E-state index contributed by atoms with van der Waals surface area (Å²) in [6.45, 7) is 3.83. The van der Waals surface area contributed by atoms with Gasteiger partial charge in [0.25, 0.3) is 0 Å². The number of aliphatic hydroxyl groups excluding tert-OH is 5. The van der Waals surface area contributed by atoms with Gasteiger partial charge in [0.1, 0.15) is 24.4 Å². The predicted octanol–water partition coefficient (Wildman–Crippen LogP) is 13.6. The Bertz CT molecular complexity index is 1030. The minimum absolute atomic E-state index is 0.134. The second-order valence-corrected chi connectivity index (χ2v) is 20.1. The molecular weight excluding hydrogens is 815 g/mol. The van der Waals surface area contributed by atoms with Gasteiger partial charge in [-0.05, 0) is 38.5 Å². The van der Waals surface area contributed by atoms with Crippen molar-refractivity contribution in [1.82, 2.24) is 5.32 Å². The van der Waals surface area contributed by atoms with Crippen LogP contribution in [0.1, 0.15) is 284 Å². The number of carbonyl (C=O) groups is 1. The molecular formula is C56H109NO8. The highest BCUT2D eigenvalue weighted by molar-refractivity contribution is 5.76. The Morgan fingerprint density at radius 3 is 1.25 bits per heavy atom. The van der Waals surface area contributed by atoms with E-state index in [1.54, 1.807) is 0 Å². The van der Waals surface area contributed by atoms with Gasteiger partial charge in [0.15, 0.2) is 6.29 Å². The molecule has 386 valence electrons. The minimum atomic E-state index is -1.55. The van der Waals surface area contributed by atoms with E-state index < -0.39 is 49.5 Å². The molecule has 0 bridgehead atoms. The van der Waals surface area contributed by atoms with Crippen LogP contribution in [0.15, 0.2) is 12.2 Å². The van der Waals surface area contributed by atoms with Crippen molar-refractivity contribution in [3.63, 3.8) is 0 Å². The second-order valence-electron chi connectivity index (χ2n) is 20.1. The van der Waals surface area contributed by atoms with Gasteiger partial charge in [0, 0.05) is 6.42 Å². The molecule has 1 aliphatic rings. The van der Waals surface area contributed by atoms with E-state index in [2.05, 4.69) is 31.3 Å². The molecule has 0 aromatic rings. The van der Waals surface area contributed by atoms with Crippen molar-refractivity contribution in [3.8, 4) is 0 Å². The third-order valence-corrected chi connectivity index (χ3v) is 13.9. The molecule has 0 aromatic heterocycles. The Morgan fingerprint density at radius 1 is 0.508 bits per heavy atom. The molecule has 6 N–H and O–H groups in total. The minimum Gasteiger partial charge on any atom is -0.394 e. The maximum Gasteiger partial charge on any atom is 0.220 e. The van der Waals surface area contributed by atoms with E-state index in [9.17, 15) is 30.3 Å². The van der Waals surface area contributed by atoms with Crippen LogP contribution in [0, 0.1) is 0 Å². The largest absolute Gasteiger partial charge is 0.394 e. The van der Waals surface area contributed by atoms with Crippen LogP contribution in [-0.2, 0) is 14.3 Å². The van der Waals surface area contributed by atoms with Crippen molar-refractivity contribution in [2.45, 2.75) is 326 Å². The highest BCUT2D eigenvalue weighted by Gasteiger charge is 2.44. The maximum atomic E-state index is 13.0. The Labute approximate surface area is 401 Å². The number of hydrogen-bond acceptors (Lipinski definition) is 8. The van der Waals surface area contributed by atoms with Crippen LogP contribution >= 0.6 is 0 Å². The molecule has 1 aliphatic heterocycles. The molecule has 1 rings (SSSR count). The fourth-order valence-corrected chi connectivity index (χ4v) is 9.34. The lowest BCUT2D eigenvalue weighted by Crippen LogP contribution is -2.60. The second kappa shape index (κ2) is 46.6. The number of amides is 1. The zero-order valence-corrected chi connectivity index (χ0v) is 42.8. The van der Waals surface area contributed by atoms with Crippen molar-refractivity contribution < 1.29 is 39.8 Å². The molecule has 9 heteroatoms. The van der Waals surface area contributed by atoms with Crippen LogP contribution in [-0.4, -0.2) is 87.5 Å². The SMILES string of the molecule is CCCCCCCCCCCCCC/C=C\CCCCCCCCCCCCCCCCCCCC(=O)NC(COC1OC(CO)C(O)C(O)C1O)C(O)CCCCCCCCCCC. The molecule has 7 atom stereocenters. The normalized spacial score (nSPS) is 19.9. The molecule has 1 saturated heterocycles. The summed E-state index contributed by atoms with van der Waals surface area (Å²) in [5.74, 6) is -0.142. The van der Waals surface area contributed by atoms with E-state index in [4.69, 9.17) is 9.47 Å². The summed E-state index contributed by atoms with van der Waals surface area (Å²) in [7, 11) is 0. The summed E-state index contributed by atoms with van der Waals surface area (Å²) >= 11 is 0. The Kier molecular flexibility index (Phi) is 44.5. The highest BCUT2D eigenvalue weighted by Crippen LogP contribution is 2.23. The van der Waals surface area contributed by atoms with Gasteiger partial charge >= 0.3 is 0 Å². The van der Waals surface area contributed by atoms with Crippen LogP contribution in [0.25, 0.3) is 0 Å². The van der Waals surface area contributed by atoms with Gasteiger partial charge in [-0.3, -0.25) is 4.79 Å². The first kappa shape index (κ1) is 61.9. The van der Waals surface area contributed by atoms with E-state index in [-0.39, 0.29) is 12.5 Å². The van der Waals surface area contributed by atoms with Crippen molar-refractivity contribution in [2.24, 2.45) is 0 Å². The summed E-state index contributed by atoms with van der Waals surface area (Å²) in [4.78, 5) is 13.0. The zero-order chi connectivity index (χ0) is 47.3. The molecule has 0 aromatic carbocycles. The van der Waals surface area contributed by atoms with E-state index in [0.29, 0.717) is 12.8 Å². The summed E-state index contributed by atoms with van der Waals surface area (Å²) in [6.07, 6.45) is 49.9. The summed E-state index contributed by atoms with van der Waals surface area (Å²) in [5, 5.41) is 54.3. The molecule has 65 heavy (non-hydrogen) atoms. The van der Waals surface area contributed by atoms with Gasteiger partial charge < -0.3 is 40.3 Å². The van der Waals surface area contributed by atoms with Crippen molar-refractivity contribution in [3.05, 3.63) is 12.2 Å². The average molecular weight is 924 g/mol. The van der Waals surface area contributed by atoms with Gasteiger partial charge in [0.2, 0.25) is 5.91 Å². The van der Waals surface area contributed by atoms with E-state index in [0.717, 1.165) is 38.5 Å². The summed E-state index contributed by atoms with van der Waals surface area (Å²) in [5.41, 5.74) is 0. The van der Waals surface area contributed by atoms with Crippen LogP contribution in [0.4, 0.5) is 0 Å². The van der Waals surface area contributed by atoms with E-state index in [1.807, 2.05) is 0 Å².